The van der Waals surface area contributed by atoms with Gasteiger partial charge in [0.1, 0.15) is 11.6 Å². The van der Waals surface area contributed by atoms with Crippen molar-refractivity contribution in [3.05, 3.63) is 35.4 Å². The zero-order valence-corrected chi connectivity index (χ0v) is 9.71. The second-order valence-electron chi connectivity index (χ2n) is 4.93. The van der Waals surface area contributed by atoms with Gasteiger partial charge in [-0.1, -0.05) is 19.9 Å². The molecule has 0 unspecified atom stereocenters. The molecule has 0 N–H and O–H groups in total. The van der Waals surface area contributed by atoms with E-state index in [1.165, 1.54) is 12.1 Å². The summed E-state index contributed by atoms with van der Waals surface area (Å²) in [6.07, 6.45) is 0. The molecule has 2 rings (SSSR count). The lowest BCUT2D eigenvalue weighted by molar-refractivity contribution is 0.0604. The van der Waals surface area contributed by atoms with Gasteiger partial charge >= 0.3 is 0 Å². The van der Waals surface area contributed by atoms with E-state index in [4.69, 9.17) is 0 Å². The molecule has 1 aliphatic heterocycles. The van der Waals surface area contributed by atoms with E-state index in [9.17, 15) is 8.78 Å². The van der Waals surface area contributed by atoms with Crippen molar-refractivity contribution < 1.29 is 8.78 Å². The molecule has 1 aliphatic rings. The van der Waals surface area contributed by atoms with E-state index in [0.29, 0.717) is 18.0 Å². The van der Waals surface area contributed by atoms with E-state index in [-0.39, 0.29) is 0 Å². The van der Waals surface area contributed by atoms with Crippen molar-refractivity contribution in [3.63, 3.8) is 0 Å². The van der Waals surface area contributed by atoms with Gasteiger partial charge in [-0.2, -0.15) is 0 Å². The van der Waals surface area contributed by atoms with Crippen LogP contribution in [0.15, 0.2) is 18.2 Å². The summed E-state index contributed by atoms with van der Waals surface area (Å²) in [5, 5.41) is 0. The van der Waals surface area contributed by atoms with E-state index in [1.807, 2.05) is 0 Å². The van der Waals surface area contributed by atoms with Crippen molar-refractivity contribution in [1.82, 2.24) is 4.90 Å². The van der Waals surface area contributed by atoms with Crippen LogP contribution < -0.4 is 0 Å². The van der Waals surface area contributed by atoms with E-state index in [0.717, 1.165) is 25.1 Å². The summed E-state index contributed by atoms with van der Waals surface area (Å²) in [4.78, 5) is 2.20. The Kier molecular flexibility index (Phi) is 3.24. The molecule has 0 bridgehead atoms. The first-order valence-corrected chi connectivity index (χ1v) is 5.72. The summed E-state index contributed by atoms with van der Waals surface area (Å²) in [7, 11) is 0. The highest BCUT2D eigenvalue weighted by Crippen LogP contribution is 2.25. The largest absolute Gasteiger partial charge is 0.298 e. The Balaban J connectivity index is 1.91. The van der Waals surface area contributed by atoms with Crippen molar-refractivity contribution >= 4 is 0 Å². The van der Waals surface area contributed by atoms with Crippen LogP contribution in [-0.2, 0) is 6.54 Å². The monoisotopic (exact) mass is 225 g/mol. The van der Waals surface area contributed by atoms with Crippen LogP contribution in [0, 0.1) is 23.5 Å². The van der Waals surface area contributed by atoms with Crippen LogP contribution in [0.5, 0.6) is 0 Å². The first kappa shape index (κ1) is 11.5. The Morgan fingerprint density at radius 3 is 2.56 bits per heavy atom. The molecule has 1 aromatic rings. The molecular formula is C13H17F2N. The second-order valence-corrected chi connectivity index (χ2v) is 4.93. The van der Waals surface area contributed by atoms with Crippen molar-refractivity contribution in [2.24, 2.45) is 11.8 Å². The summed E-state index contributed by atoms with van der Waals surface area (Å²) >= 11 is 0. The number of nitrogens with zero attached hydrogens (tertiary/aromatic N) is 1. The standard InChI is InChI=1S/C13H17F2N/c1-9(2)11-7-16(8-11)6-10-3-4-12(14)5-13(10)15/h3-5,9,11H,6-8H2,1-2H3. The van der Waals surface area contributed by atoms with Gasteiger partial charge in [0, 0.05) is 31.3 Å². The fraction of sp³-hybridized carbons (Fsp3) is 0.538. The first-order chi connectivity index (χ1) is 7.56. The Bertz CT molecular complexity index is 370. The van der Waals surface area contributed by atoms with Crippen LogP contribution in [0.1, 0.15) is 19.4 Å². The molecule has 1 fully saturated rings. The first-order valence-electron chi connectivity index (χ1n) is 5.72. The molecule has 3 heteroatoms. The average Bonchev–Trinajstić information content (AvgIpc) is 2.12. The topological polar surface area (TPSA) is 3.24 Å². The third kappa shape index (κ3) is 2.40. The van der Waals surface area contributed by atoms with Crippen molar-refractivity contribution in [2.45, 2.75) is 20.4 Å². The fourth-order valence-electron chi connectivity index (χ4n) is 2.05. The molecule has 16 heavy (non-hydrogen) atoms. The molecule has 0 atom stereocenters. The van der Waals surface area contributed by atoms with Gasteiger partial charge in [-0.05, 0) is 17.9 Å². The summed E-state index contributed by atoms with van der Waals surface area (Å²) in [6.45, 7) is 7.05. The predicted octanol–water partition coefficient (Wildman–Crippen LogP) is 3.05. The Labute approximate surface area is 95.1 Å². The maximum absolute atomic E-state index is 13.4. The van der Waals surface area contributed by atoms with E-state index in [1.54, 1.807) is 0 Å². The van der Waals surface area contributed by atoms with Gasteiger partial charge in [0.05, 0.1) is 0 Å². The van der Waals surface area contributed by atoms with Crippen LogP contribution in [0.3, 0.4) is 0 Å². The molecule has 1 aromatic carbocycles. The molecular weight excluding hydrogens is 208 g/mol. The zero-order valence-electron chi connectivity index (χ0n) is 9.71. The maximum atomic E-state index is 13.4. The highest BCUT2D eigenvalue weighted by atomic mass is 19.1. The minimum absolute atomic E-state index is 0.437. The number of hydrogen-bond acceptors (Lipinski definition) is 1. The highest BCUT2D eigenvalue weighted by Gasteiger charge is 2.29. The lowest BCUT2D eigenvalue weighted by Gasteiger charge is -2.41. The number of rotatable bonds is 3. The normalized spacial score (nSPS) is 17.8. The Morgan fingerprint density at radius 1 is 1.31 bits per heavy atom. The highest BCUT2D eigenvalue weighted by molar-refractivity contribution is 5.18. The second kappa shape index (κ2) is 4.50. The van der Waals surface area contributed by atoms with Gasteiger partial charge < -0.3 is 0 Å². The van der Waals surface area contributed by atoms with Crippen LogP contribution in [0.2, 0.25) is 0 Å². The molecule has 0 aromatic heterocycles. The van der Waals surface area contributed by atoms with Gasteiger partial charge in [0.15, 0.2) is 0 Å². The molecule has 0 amide bonds. The Hall–Kier alpha value is -0.960. The van der Waals surface area contributed by atoms with E-state index in [2.05, 4.69) is 18.7 Å². The van der Waals surface area contributed by atoms with Gasteiger partial charge in [-0.25, -0.2) is 8.78 Å². The minimum Gasteiger partial charge on any atom is -0.298 e. The fourth-order valence-corrected chi connectivity index (χ4v) is 2.05. The quantitative estimate of drug-likeness (QED) is 0.764. The third-order valence-electron chi connectivity index (χ3n) is 3.34. The van der Waals surface area contributed by atoms with Gasteiger partial charge in [0.25, 0.3) is 0 Å². The third-order valence-corrected chi connectivity index (χ3v) is 3.34. The van der Waals surface area contributed by atoms with Crippen LogP contribution in [-0.4, -0.2) is 18.0 Å². The molecule has 0 aliphatic carbocycles. The van der Waals surface area contributed by atoms with Gasteiger partial charge in [-0.3, -0.25) is 4.90 Å². The van der Waals surface area contributed by atoms with Crippen molar-refractivity contribution in [2.75, 3.05) is 13.1 Å². The summed E-state index contributed by atoms with van der Waals surface area (Å²) in [6, 6.07) is 3.81. The summed E-state index contributed by atoms with van der Waals surface area (Å²) in [5.41, 5.74) is 0.587. The molecule has 0 spiro atoms. The lowest BCUT2D eigenvalue weighted by atomic mass is 9.88. The minimum atomic E-state index is -0.509. The average molecular weight is 225 g/mol. The molecule has 88 valence electrons. The molecule has 1 nitrogen and oxygen atoms in total. The van der Waals surface area contributed by atoms with Crippen LogP contribution in [0.25, 0.3) is 0 Å². The van der Waals surface area contributed by atoms with Crippen molar-refractivity contribution in [1.29, 1.82) is 0 Å². The van der Waals surface area contributed by atoms with Gasteiger partial charge in [0.2, 0.25) is 0 Å². The summed E-state index contributed by atoms with van der Waals surface area (Å²) < 4.78 is 26.1. The molecule has 0 saturated carbocycles. The number of halogens is 2. The van der Waals surface area contributed by atoms with Gasteiger partial charge in [-0.15, -0.1) is 0 Å². The SMILES string of the molecule is CC(C)C1CN(Cc2ccc(F)cc2F)C1. The zero-order chi connectivity index (χ0) is 11.7. The lowest BCUT2D eigenvalue weighted by Crippen LogP contribution is -2.48. The van der Waals surface area contributed by atoms with E-state index < -0.39 is 11.6 Å². The predicted molar refractivity (Wildman–Crippen MR) is 60.0 cm³/mol. The number of likely N-dealkylation sites (tertiary alicyclic amines) is 1. The van der Waals surface area contributed by atoms with Crippen molar-refractivity contribution in [3.8, 4) is 0 Å². The summed E-state index contributed by atoms with van der Waals surface area (Å²) in [5.74, 6) is 0.468. The molecule has 1 saturated heterocycles. The molecule has 0 radical (unpaired) electrons. The molecule has 1 heterocycles. The smallest absolute Gasteiger partial charge is 0.130 e. The van der Waals surface area contributed by atoms with Crippen LogP contribution >= 0.6 is 0 Å². The number of hydrogen-bond donors (Lipinski definition) is 0. The maximum Gasteiger partial charge on any atom is 0.130 e. The van der Waals surface area contributed by atoms with E-state index >= 15 is 0 Å². The Morgan fingerprint density at radius 2 is 2.00 bits per heavy atom. The van der Waals surface area contributed by atoms with Crippen LogP contribution in [0.4, 0.5) is 8.78 Å². The number of benzene rings is 1.